The molecule has 0 atom stereocenters. The average Bonchev–Trinajstić information content (AvgIpc) is 2.31. The van der Waals surface area contributed by atoms with Gasteiger partial charge in [-0.1, -0.05) is 0 Å². The van der Waals surface area contributed by atoms with Gasteiger partial charge in [-0.25, -0.2) is 4.39 Å². The molecule has 1 aromatic rings. The summed E-state index contributed by atoms with van der Waals surface area (Å²) in [6.07, 6.45) is 0. The van der Waals surface area contributed by atoms with Gasteiger partial charge in [0.25, 0.3) is 0 Å². The van der Waals surface area contributed by atoms with Crippen molar-refractivity contribution in [1.82, 2.24) is 9.80 Å². The summed E-state index contributed by atoms with van der Waals surface area (Å²) in [5, 5.41) is 0. The Bertz CT molecular complexity index is 238. The third-order valence-electron chi connectivity index (χ3n) is 1.67. The summed E-state index contributed by atoms with van der Waals surface area (Å²) in [6, 6.07) is 8.49. The molecule has 0 amide bonds. The van der Waals surface area contributed by atoms with Crippen molar-refractivity contribution in [2.45, 2.75) is 0 Å². The average molecular weight is 312 g/mol. The predicted octanol–water partition coefficient (Wildman–Crippen LogP) is 2.42. The van der Waals surface area contributed by atoms with Crippen molar-refractivity contribution in [2.24, 2.45) is 0 Å². The van der Waals surface area contributed by atoms with Gasteiger partial charge in [-0.3, -0.25) is 0 Å². The monoisotopic (exact) mass is 310 g/mol. The second-order valence-corrected chi connectivity index (χ2v) is 3.82. The summed E-state index contributed by atoms with van der Waals surface area (Å²) >= 11 is 0.847. The van der Waals surface area contributed by atoms with E-state index in [2.05, 4.69) is 44.1 Å². The standard InChI is InChI=1S/C6H4F.C6H16N2.ClH.Zn/c7-6-4-2-1-3-5-6;1-7(2)5-6-8(3)4;;/h2-5H;5-6H2,1-4H3;1H;/q-1;;;+2/p-1. The van der Waals surface area contributed by atoms with Crippen molar-refractivity contribution in [3.8, 4) is 0 Å². The van der Waals surface area contributed by atoms with E-state index in [-0.39, 0.29) is 5.82 Å². The molecule has 0 aromatic heterocycles. The third-order valence-corrected chi connectivity index (χ3v) is 1.67. The van der Waals surface area contributed by atoms with Crippen molar-refractivity contribution < 1.29 is 21.7 Å². The maximum atomic E-state index is 11.9. The molecule has 17 heavy (non-hydrogen) atoms. The molecule has 0 N–H and O–H groups in total. The molecule has 0 saturated carbocycles. The van der Waals surface area contributed by atoms with E-state index in [9.17, 15) is 4.39 Å². The van der Waals surface area contributed by atoms with Crippen molar-refractivity contribution >= 4 is 9.69 Å². The molecule has 94 valence electrons. The molecule has 1 rings (SSSR count). The SMILES string of the molecule is CN(C)CCN(C)C.Fc1cc[c-]cc1.[Cl][Zn+]. The van der Waals surface area contributed by atoms with Crippen molar-refractivity contribution in [2.75, 3.05) is 41.3 Å². The molecule has 0 aliphatic heterocycles. The van der Waals surface area contributed by atoms with E-state index >= 15 is 0 Å². The Labute approximate surface area is 118 Å². The van der Waals surface area contributed by atoms with Crippen LogP contribution in [0.15, 0.2) is 24.3 Å². The number of benzene rings is 1. The second kappa shape index (κ2) is 14.0. The molecular formula is C12H20ClFN2Zn. The Morgan fingerprint density at radius 1 is 1.06 bits per heavy atom. The van der Waals surface area contributed by atoms with Crippen molar-refractivity contribution in [3.05, 3.63) is 36.1 Å². The van der Waals surface area contributed by atoms with E-state index in [0.29, 0.717) is 0 Å². The Morgan fingerprint density at radius 2 is 1.41 bits per heavy atom. The number of nitrogens with zero attached hydrogens (tertiary/aromatic N) is 2. The van der Waals surface area contributed by atoms with Crippen LogP contribution in [-0.2, 0) is 17.3 Å². The summed E-state index contributed by atoms with van der Waals surface area (Å²) in [4.78, 5) is 4.36. The minimum absolute atomic E-state index is 0.209. The van der Waals surface area contributed by atoms with Crippen LogP contribution in [0.4, 0.5) is 4.39 Å². The fourth-order valence-corrected chi connectivity index (χ4v) is 0.767. The quantitative estimate of drug-likeness (QED) is 0.625. The number of likely N-dealkylation sites (N-methyl/N-ethyl adjacent to an activating group) is 2. The van der Waals surface area contributed by atoms with E-state index in [1.54, 1.807) is 0 Å². The van der Waals surface area contributed by atoms with Crippen LogP contribution in [0.25, 0.3) is 0 Å². The van der Waals surface area contributed by atoms with Crippen LogP contribution >= 0.6 is 9.69 Å². The van der Waals surface area contributed by atoms with Gasteiger partial charge < -0.3 is 9.80 Å². The van der Waals surface area contributed by atoms with Gasteiger partial charge in [-0.15, -0.1) is 12.1 Å². The molecule has 0 bridgehead atoms. The van der Waals surface area contributed by atoms with Crippen molar-refractivity contribution in [3.63, 3.8) is 0 Å². The first-order valence-electron chi connectivity index (χ1n) is 5.20. The summed E-state index contributed by atoms with van der Waals surface area (Å²) in [7, 11) is 13.1. The zero-order valence-corrected chi connectivity index (χ0v) is 14.8. The fraction of sp³-hybridized carbons (Fsp3) is 0.500. The van der Waals surface area contributed by atoms with Crippen LogP contribution in [0.1, 0.15) is 0 Å². The Morgan fingerprint density at radius 3 is 1.59 bits per heavy atom. The van der Waals surface area contributed by atoms with Gasteiger partial charge in [0.2, 0.25) is 0 Å². The van der Waals surface area contributed by atoms with E-state index in [0.717, 1.165) is 30.4 Å². The first-order valence-corrected chi connectivity index (χ1v) is 9.10. The van der Waals surface area contributed by atoms with E-state index < -0.39 is 0 Å². The van der Waals surface area contributed by atoms with Crippen LogP contribution in [0, 0.1) is 11.9 Å². The van der Waals surface area contributed by atoms with E-state index in [1.807, 2.05) is 0 Å². The van der Waals surface area contributed by atoms with Gasteiger partial charge >= 0.3 is 27.0 Å². The van der Waals surface area contributed by atoms with Gasteiger partial charge in [-0.05, 0) is 28.2 Å². The van der Waals surface area contributed by atoms with Crippen LogP contribution in [0.5, 0.6) is 0 Å². The molecule has 0 spiro atoms. The predicted molar refractivity (Wildman–Crippen MR) is 68.2 cm³/mol. The van der Waals surface area contributed by atoms with Gasteiger partial charge in [0.1, 0.15) is 0 Å². The van der Waals surface area contributed by atoms with Crippen LogP contribution in [0.3, 0.4) is 0 Å². The Hall–Kier alpha value is -0.0166. The fourth-order valence-electron chi connectivity index (χ4n) is 0.767. The summed E-state index contributed by atoms with van der Waals surface area (Å²) < 4.78 is 11.9. The van der Waals surface area contributed by atoms with Gasteiger partial charge in [0.05, 0.1) is 0 Å². The maximum absolute atomic E-state index is 11.9. The molecule has 0 fully saturated rings. The van der Waals surface area contributed by atoms with Crippen LogP contribution in [-0.4, -0.2) is 51.1 Å². The Balaban J connectivity index is 0. The topological polar surface area (TPSA) is 6.48 Å². The van der Waals surface area contributed by atoms with Crippen molar-refractivity contribution in [1.29, 1.82) is 0 Å². The molecule has 0 radical (unpaired) electrons. The number of halogens is 2. The summed E-state index contributed by atoms with van der Waals surface area (Å²) in [5.41, 5.74) is 0. The number of hydrogen-bond acceptors (Lipinski definition) is 2. The van der Waals surface area contributed by atoms with E-state index in [4.69, 9.17) is 9.69 Å². The molecule has 5 heteroatoms. The molecule has 2 nitrogen and oxygen atoms in total. The van der Waals surface area contributed by atoms with Gasteiger partial charge in [0.15, 0.2) is 0 Å². The zero-order valence-electron chi connectivity index (χ0n) is 11.1. The minimum atomic E-state index is -0.209. The second-order valence-electron chi connectivity index (χ2n) is 3.82. The molecule has 1 aromatic carbocycles. The molecular weight excluding hydrogens is 292 g/mol. The molecule has 0 saturated heterocycles. The first kappa shape index (κ1) is 19.3. The molecule has 0 heterocycles. The van der Waals surface area contributed by atoms with Crippen LogP contribution < -0.4 is 0 Å². The normalized spacial score (nSPS) is 9.29. The zero-order chi connectivity index (χ0) is 13.7. The van der Waals surface area contributed by atoms with Gasteiger partial charge in [-0.2, -0.15) is 18.2 Å². The van der Waals surface area contributed by atoms with Crippen LogP contribution in [0.2, 0.25) is 0 Å². The number of hydrogen-bond donors (Lipinski definition) is 0. The van der Waals surface area contributed by atoms with E-state index in [1.165, 1.54) is 24.3 Å². The molecule has 0 aliphatic carbocycles. The van der Waals surface area contributed by atoms with Gasteiger partial charge in [0, 0.05) is 18.9 Å². The molecule has 0 unspecified atom stereocenters. The first-order chi connectivity index (χ1) is 8.02. The summed E-state index contributed by atoms with van der Waals surface area (Å²) in [6.45, 7) is 2.29. The number of rotatable bonds is 3. The summed E-state index contributed by atoms with van der Waals surface area (Å²) in [5.74, 6) is -0.209. The Kier molecular flexibility index (Phi) is 16.0. The molecule has 0 aliphatic rings. The third kappa shape index (κ3) is 18.5.